The van der Waals surface area contributed by atoms with Gasteiger partial charge in [0.2, 0.25) is 0 Å². The summed E-state index contributed by atoms with van der Waals surface area (Å²) in [5.41, 5.74) is 1.70. The van der Waals surface area contributed by atoms with Gasteiger partial charge in [-0.05, 0) is 24.3 Å². The third-order valence-corrected chi connectivity index (χ3v) is 5.83. The summed E-state index contributed by atoms with van der Waals surface area (Å²) in [6.45, 7) is 7.24. The third kappa shape index (κ3) is 4.77. The van der Waals surface area contributed by atoms with Gasteiger partial charge in [0, 0.05) is 63.6 Å². The van der Waals surface area contributed by atoms with E-state index in [9.17, 15) is 9.90 Å². The van der Waals surface area contributed by atoms with Crippen molar-refractivity contribution in [3.63, 3.8) is 0 Å². The Morgan fingerprint density at radius 1 is 0.967 bits per heavy atom. The lowest BCUT2D eigenvalue weighted by molar-refractivity contribution is 0.0335. The molecule has 0 unspecified atom stereocenters. The molecule has 4 rings (SSSR count). The Morgan fingerprint density at radius 2 is 1.63 bits per heavy atom. The summed E-state index contributed by atoms with van der Waals surface area (Å²) in [6, 6.07) is 8.05. The Hall–Kier alpha value is -2.55. The lowest BCUT2D eigenvalue weighted by Crippen LogP contribution is -2.46. The van der Waals surface area contributed by atoms with Crippen LogP contribution in [0.3, 0.4) is 0 Å². The number of rotatable bonds is 6. The molecule has 1 aromatic carbocycles. The number of benzene rings is 1. The molecule has 8 nitrogen and oxygen atoms in total. The average Bonchev–Trinajstić information content (AvgIpc) is 2.80. The van der Waals surface area contributed by atoms with Crippen molar-refractivity contribution in [3.05, 3.63) is 52.1 Å². The minimum atomic E-state index is -0.462. The summed E-state index contributed by atoms with van der Waals surface area (Å²) >= 11 is 0. The summed E-state index contributed by atoms with van der Waals surface area (Å²) in [7, 11) is 1.66. The first-order chi connectivity index (χ1) is 14.6. The monoisotopic (exact) mass is 415 g/mol. The number of hydrogen-bond acceptors (Lipinski definition) is 8. The molecule has 2 saturated heterocycles. The molecule has 0 spiro atoms. The quantitative estimate of drug-likeness (QED) is 0.761. The fraction of sp³-hybridized carbons (Fsp3) is 0.500. The predicted molar refractivity (Wildman–Crippen MR) is 113 cm³/mol. The van der Waals surface area contributed by atoms with Crippen LogP contribution in [0.1, 0.15) is 11.1 Å². The normalized spacial score (nSPS) is 18.5. The molecule has 0 bridgehead atoms. The fourth-order valence-corrected chi connectivity index (χ4v) is 3.97. The fourth-order valence-electron chi connectivity index (χ4n) is 3.97. The largest absolute Gasteiger partial charge is 0.507 e. The van der Waals surface area contributed by atoms with Gasteiger partial charge in [-0.1, -0.05) is 0 Å². The molecule has 0 saturated carbocycles. The predicted octanol–water partition coefficient (Wildman–Crippen LogP) is 1.51. The van der Waals surface area contributed by atoms with Crippen molar-refractivity contribution in [2.24, 2.45) is 0 Å². The number of piperazine rings is 1. The molecule has 2 fully saturated rings. The van der Waals surface area contributed by atoms with E-state index in [1.54, 1.807) is 7.11 Å². The van der Waals surface area contributed by atoms with Crippen LogP contribution in [-0.2, 0) is 17.8 Å². The van der Waals surface area contributed by atoms with Gasteiger partial charge in [-0.3, -0.25) is 9.80 Å². The molecule has 1 N–H and O–H groups in total. The zero-order valence-electron chi connectivity index (χ0n) is 17.4. The summed E-state index contributed by atoms with van der Waals surface area (Å²) in [4.78, 5) is 19.0. The molecule has 8 heteroatoms. The number of anilines is 1. The van der Waals surface area contributed by atoms with Crippen molar-refractivity contribution in [1.29, 1.82) is 0 Å². The number of nitrogens with zero attached hydrogens (tertiary/aromatic N) is 3. The van der Waals surface area contributed by atoms with Crippen molar-refractivity contribution in [2.75, 3.05) is 64.5 Å². The second kappa shape index (κ2) is 9.51. The smallest absolute Gasteiger partial charge is 0.343 e. The third-order valence-electron chi connectivity index (χ3n) is 5.83. The molecule has 2 aromatic rings. The van der Waals surface area contributed by atoms with Gasteiger partial charge in [-0.2, -0.15) is 0 Å². The SMILES string of the molecule is COc1ccc(N2CCN(Cc3c(O)c(CN4CCOCC4)coc3=O)CC2)cc1. The lowest BCUT2D eigenvalue weighted by Gasteiger charge is -2.36. The Balaban J connectivity index is 1.38. The minimum absolute atomic E-state index is 0.0651. The van der Waals surface area contributed by atoms with E-state index in [0.717, 1.165) is 50.7 Å². The van der Waals surface area contributed by atoms with Crippen LogP contribution in [-0.4, -0.2) is 74.5 Å². The maximum Gasteiger partial charge on any atom is 0.343 e. The Labute approximate surface area is 176 Å². The first-order valence-corrected chi connectivity index (χ1v) is 10.4. The topological polar surface area (TPSA) is 78.6 Å². The molecular formula is C22H29N3O5. The number of hydrogen-bond donors (Lipinski definition) is 1. The molecule has 0 radical (unpaired) electrons. The van der Waals surface area contributed by atoms with Gasteiger partial charge < -0.3 is 23.9 Å². The van der Waals surface area contributed by atoms with Crippen LogP contribution >= 0.6 is 0 Å². The number of morpholine rings is 1. The van der Waals surface area contributed by atoms with Crippen molar-refractivity contribution in [3.8, 4) is 11.5 Å². The van der Waals surface area contributed by atoms with E-state index in [-0.39, 0.29) is 5.75 Å². The van der Waals surface area contributed by atoms with Gasteiger partial charge in [0.15, 0.2) is 0 Å². The maximum absolute atomic E-state index is 12.3. The van der Waals surface area contributed by atoms with Crippen molar-refractivity contribution in [1.82, 2.24) is 9.80 Å². The maximum atomic E-state index is 12.3. The highest BCUT2D eigenvalue weighted by Crippen LogP contribution is 2.25. The van der Waals surface area contributed by atoms with Crippen LogP contribution in [0, 0.1) is 0 Å². The van der Waals surface area contributed by atoms with Crippen LogP contribution in [0.2, 0.25) is 0 Å². The van der Waals surface area contributed by atoms with Crippen LogP contribution < -0.4 is 15.3 Å². The first-order valence-electron chi connectivity index (χ1n) is 10.4. The Morgan fingerprint density at radius 3 is 2.30 bits per heavy atom. The first kappa shape index (κ1) is 20.7. The van der Waals surface area contributed by atoms with Crippen LogP contribution in [0.15, 0.2) is 39.7 Å². The minimum Gasteiger partial charge on any atom is -0.507 e. The van der Waals surface area contributed by atoms with Crippen molar-refractivity contribution >= 4 is 5.69 Å². The standard InChI is InChI=1S/C22H29N3O5/c1-28-19-4-2-18(3-5-19)25-8-6-23(7-9-25)15-20-21(26)17(16-30-22(20)27)14-24-10-12-29-13-11-24/h2-5,16,26H,6-15H2,1H3. The number of methoxy groups -OCH3 is 1. The van der Waals surface area contributed by atoms with E-state index in [2.05, 4.69) is 26.8 Å². The molecule has 1 aromatic heterocycles. The molecule has 3 heterocycles. The molecule has 0 amide bonds. The summed E-state index contributed by atoms with van der Waals surface area (Å²) < 4.78 is 15.8. The second-order valence-electron chi connectivity index (χ2n) is 7.73. The van der Waals surface area contributed by atoms with Crippen LogP contribution in [0.5, 0.6) is 11.5 Å². The van der Waals surface area contributed by atoms with Gasteiger partial charge in [0.05, 0.1) is 25.9 Å². The molecule has 30 heavy (non-hydrogen) atoms. The molecule has 0 atom stereocenters. The lowest BCUT2D eigenvalue weighted by atomic mass is 10.1. The van der Waals surface area contributed by atoms with Crippen molar-refractivity contribution < 1.29 is 19.0 Å². The Bertz CT molecular complexity index is 885. The van der Waals surface area contributed by atoms with Gasteiger partial charge in [-0.15, -0.1) is 0 Å². The van der Waals surface area contributed by atoms with Gasteiger partial charge >= 0.3 is 5.63 Å². The highest BCUT2D eigenvalue weighted by atomic mass is 16.5. The molecule has 2 aliphatic rings. The van der Waals surface area contributed by atoms with E-state index in [0.29, 0.717) is 37.4 Å². The summed E-state index contributed by atoms with van der Waals surface area (Å²) in [6.07, 6.45) is 1.39. The number of ether oxygens (including phenoxy) is 2. The number of aromatic hydroxyl groups is 1. The zero-order chi connectivity index (χ0) is 20.9. The van der Waals surface area contributed by atoms with Crippen LogP contribution in [0.4, 0.5) is 5.69 Å². The highest BCUT2D eigenvalue weighted by molar-refractivity contribution is 5.49. The van der Waals surface area contributed by atoms with Crippen LogP contribution in [0.25, 0.3) is 0 Å². The molecule has 2 aliphatic heterocycles. The average molecular weight is 415 g/mol. The Kier molecular flexibility index (Phi) is 6.56. The van der Waals surface area contributed by atoms with Gasteiger partial charge in [0.1, 0.15) is 17.8 Å². The van der Waals surface area contributed by atoms with Gasteiger partial charge in [0.25, 0.3) is 0 Å². The second-order valence-corrected chi connectivity index (χ2v) is 7.73. The van der Waals surface area contributed by atoms with Gasteiger partial charge in [-0.25, -0.2) is 4.79 Å². The molecule has 0 aliphatic carbocycles. The molecule has 162 valence electrons. The summed E-state index contributed by atoms with van der Waals surface area (Å²) in [5.74, 6) is 0.909. The van der Waals surface area contributed by atoms with E-state index < -0.39 is 5.63 Å². The molecular weight excluding hydrogens is 386 g/mol. The zero-order valence-corrected chi connectivity index (χ0v) is 17.4. The van der Waals surface area contributed by atoms with E-state index in [1.165, 1.54) is 6.26 Å². The van der Waals surface area contributed by atoms with E-state index in [1.807, 2.05) is 12.1 Å². The van der Waals surface area contributed by atoms with E-state index in [4.69, 9.17) is 13.9 Å². The van der Waals surface area contributed by atoms with E-state index >= 15 is 0 Å². The summed E-state index contributed by atoms with van der Waals surface area (Å²) in [5, 5.41) is 10.7. The van der Waals surface area contributed by atoms with Crippen molar-refractivity contribution in [2.45, 2.75) is 13.1 Å². The highest BCUT2D eigenvalue weighted by Gasteiger charge is 2.22.